The second-order valence-corrected chi connectivity index (χ2v) is 12.4. The zero-order valence-electron chi connectivity index (χ0n) is 23.6. The SMILES string of the molecule is C=C1CC[C@H]2[C@@H](/C=C(\C)C(=O)[C@@]3(O)C[C@H](C)[C@H](OC(=O)c4ccccc4)[C@@H]3[C@H]1OC(=O)c1ccccc1)C2(C)C. The molecular formula is C34H38O6. The van der Waals surface area contributed by atoms with Gasteiger partial charge in [-0.15, -0.1) is 0 Å². The molecule has 0 aliphatic heterocycles. The molecule has 0 unspecified atom stereocenters. The standard InChI is InChI=1S/C34H38O6/c1-20-16-17-25-26(33(25,4)5)18-21(2)30(35)34(38)19-22(3)29(40-32(37)24-14-10-7-11-15-24)27(34)28(20)39-31(36)23-12-8-6-9-13-23/h6-15,18,22,25-29,38H,1,16-17,19H2,2-5H3/b21-18+/t22-,25-,26+,27-,28-,29-,34+/m0/s1. The Balaban J connectivity index is 1.58. The van der Waals surface area contributed by atoms with Crippen LogP contribution in [0.1, 0.15) is 67.7 Å². The van der Waals surface area contributed by atoms with E-state index < -0.39 is 41.4 Å². The zero-order chi connectivity index (χ0) is 28.8. The van der Waals surface area contributed by atoms with Crippen LogP contribution in [0.3, 0.4) is 0 Å². The van der Waals surface area contributed by atoms with Gasteiger partial charge < -0.3 is 14.6 Å². The number of carbonyl (C=O) groups excluding carboxylic acids is 3. The molecule has 6 heteroatoms. The van der Waals surface area contributed by atoms with Gasteiger partial charge in [-0.05, 0) is 84.8 Å². The van der Waals surface area contributed by atoms with Crippen LogP contribution in [-0.4, -0.2) is 40.6 Å². The number of fused-ring (bicyclic) bond motifs is 2. The van der Waals surface area contributed by atoms with Crippen molar-refractivity contribution >= 4 is 17.7 Å². The van der Waals surface area contributed by atoms with E-state index in [1.54, 1.807) is 67.6 Å². The Bertz CT molecular complexity index is 1340. The summed E-state index contributed by atoms with van der Waals surface area (Å²) in [7, 11) is 0. The number of rotatable bonds is 4. The highest BCUT2D eigenvalue weighted by Crippen LogP contribution is 2.62. The number of aliphatic hydroxyl groups is 1. The number of ketones is 1. The lowest BCUT2D eigenvalue weighted by molar-refractivity contribution is -0.145. The molecule has 40 heavy (non-hydrogen) atoms. The molecule has 3 aliphatic rings. The van der Waals surface area contributed by atoms with Gasteiger partial charge in [0.15, 0.2) is 5.78 Å². The maximum absolute atomic E-state index is 14.1. The number of allylic oxidation sites excluding steroid dienone is 1. The van der Waals surface area contributed by atoms with Gasteiger partial charge in [0, 0.05) is 0 Å². The fourth-order valence-electron chi connectivity index (χ4n) is 7.00. The van der Waals surface area contributed by atoms with Gasteiger partial charge in [-0.3, -0.25) is 4.79 Å². The summed E-state index contributed by atoms with van der Waals surface area (Å²) in [5, 5.41) is 12.3. The minimum atomic E-state index is -1.91. The molecule has 5 rings (SSSR count). The van der Waals surface area contributed by atoms with Crippen molar-refractivity contribution in [2.45, 2.75) is 64.8 Å². The summed E-state index contributed by atoms with van der Waals surface area (Å²) in [5.41, 5.74) is -0.0838. The first-order chi connectivity index (χ1) is 18.9. The number of carbonyl (C=O) groups is 3. The third-order valence-electron chi connectivity index (χ3n) is 9.42. The van der Waals surface area contributed by atoms with Crippen LogP contribution in [0, 0.1) is 29.1 Å². The van der Waals surface area contributed by atoms with Gasteiger partial charge in [0.05, 0.1) is 17.0 Å². The first kappa shape index (κ1) is 28.0. The summed E-state index contributed by atoms with van der Waals surface area (Å²) >= 11 is 0. The zero-order valence-corrected chi connectivity index (χ0v) is 23.6. The summed E-state index contributed by atoms with van der Waals surface area (Å²) in [6.07, 6.45) is 1.51. The first-order valence-corrected chi connectivity index (χ1v) is 14.1. The Hall–Kier alpha value is -3.51. The predicted octanol–water partition coefficient (Wildman–Crippen LogP) is 5.96. The van der Waals surface area contributed by atoms with Gasteiger partial charge in [-0.2, -0.15) is 0 Å². The van der Waals surface area contributed by atoms with Crippen LogP contribution in [0.5, 0.6) is 0 Å². The van der Waals surface area contributed by atoms with Crippen LogP contribution in [0.15, 0.2) is 84.5 Å². The fourth-order valence-corrected chi connectivity index (χ4v) is 7.00. The third kappa shape index (κ3) is 4.94. The average molecular weight is 543 g/mol. The average Bonchev–Trinajstić information content (AvgIpc) is 3.35. The molecule has 2 aromatic rings. The van der Waals surface area contributed by atoms with E-state index in [4.69, 9.17) is 9.47 Å². The summed E-state index contributed by atoms with van der Waals surface area (Å²) in [6.45, 7) is 12.3. The smallest absolute Gasteiger partial charge is 0.338 e. The van der Waals surface area contributed by atoms with E-state index in [1.807, 2.05) is 13.0 Å². The molecule has 0 spiro atoms. The molecule has 0 amide bonds. The van der Waals surface area contributed by atoms with Crippen LogP contribution < -0.4 is 0 Å². The van der Waals surface area contributed by atoms with E-state index in [9.17, 15) is 19.5 Å². The molecule has 210 valence electrons. The molecule has 7 atom stereocenters. The van der Waals surface area contributed by atoms with E-state index >= 15 is 0 Å². The molecule has 0 aromatic heterocycles. The van der Waals surface area contributed by atoms with Crippen molar-refractivity contribution < 1.29 is 29.0 Å². The molecule has 0 heterocycles. The summed E-state index contributed by atoms with van der Waals surface area (Å²) in [6, 6.07) is 17.2. The van der Waals surface area contributed by atoms with Crippen molar-refractivity contribution in [3.63, 3.8) is 0 Å². The summed E-state index contributed by atoms with van der Waals surface area (Å²) in [5.74, 6) is -2.40. The van der Waals surface area contributed by atoms with Crippen molar-refractivity contribution in [1.29, 1.82) is 0 Å². The Morgan fingerprint density at radius 1 is 0.950 bits per heavy atom. The Kier molecular flexibility index (Phi) is 7.34. The van der Waals surface area contributed by atoms with Gasteiger partial charge in [0.1, 0.15) is 17.8 Å². The molecule has 0 bridgehead atoms. The highest BCUT2D eigenvalue weighted by molar-refractivity contribution is 6.02. The van der Waals surface area contributed by atoms with Crippen molar-refractivity contribution in [2.24, 2.45) is 29.1 Å². The van der Waals surface area contributed by atoms with Crippen LogP contribution in [0.4, 0.5) is 0 Å². The van der Waals surface area contributed by atoms with E-state index in [2.05, 4.69) is 20.4 Å². The normalized spacial score (nSPS) is 34.4. The topological polar surface area (TPSA) is 89.9 Å². The van der Waals surface area contributed by atoms with Crippen molar-refractivity contribution in [2.75, 3.05) is 0 Å². The van der Waals surface area contributed by atoms with Crippen LogP contribution >= 0.6 is 0 Å². The third-order valence-corrected chi connectivity index (χ3v) is 9.42. The molecular weight excluding hydrogens is 504 g/mol. The number of benzene rings is 2. The summed E-state index contributed by atoms with van der Waals surface area (Å²) in [4.78, 5) is 40.7. The molecule has 2 aromatic carbocycles. The van der Waals surface area contributed by atoms with Gasteiger partial charge in [0.25, 0.3) is 0 Å². The van der Waals surface area contributed by atoms with Gasteiger partial charge >= 0.3 is 11.9 Å². The highest BCUT2D eigenvalue weighted by Gasteiger charge is 2.63. The van der Waals surface area contributed by atoms with Crippen molar-refractivity contribution in [3.05, 3.63) is 95.6 Å². The first-order valence-electron chi connectivity index (χ1n) is 14.1. The predicted molar refractivity (Wildman–Crippen MR) is 151 cm³/mol. The van der Waals surface area contributed by atoms with E-state index in [0.29, 0.717) is 34.6 Å². The lowest BCUT2D eigenvalue weighted by Gasteiger charge is -2.37. The van der Waals surface area contributed by atoms with Crippen molar-refractivity contribution in [1.82, 2.24) is 0 Å². The number of hydrogen-bond acceptors (Lipinski definition) is 6. The maximum Gasteiger partial charge on any atom is 0.338 e. The largest absolute Gasteiger partial charge is 0.458 e. The molecule has 1 N–H and O–H groups in total. The maximum atomic E-state index is 14.1. The van der Waals surface area contributed by atoms with Gasteiger partial charge in [-0.1, -0.05) is 69.8 Å². The van der Waals surface area contributed by atoms with E-state index in [1.165, 1.54) is 0 Å². The van der Waals surface area contributed by atoms with E-state index in [-0.39, 0.29) is 23.7 Å². The molecule has 2 fully saturated rings. The Morgan fingerprint density at radius 3 is 2.08 bits per heavy atom. The quantitative estimate of drug-likeness (QED) is 0.379. The number of ether oxygens (including phenoxy) is 2. The highest BCUT2D eigenvalue weighted by atomic mass is 16.6. The molecule has 0 radical (unpaired) electrons. The van der Waals surface area contributed by atoms with Crippen LogP contribution in [0.25, 0.3) is 0 Å². The van der Waals surface area contributed by atoms with Gasteiger partial charge in [0.2, 0.25) is 0 Å². The second kappa shape index (κ2) is 10.5. The lowest BCUT2D eigenvalue weighted by atomic mass is 9.77. The summed E-state index contributed by atoms with van der Waals surface area (Å²) < 4.78 is 12.2. The number of Topliss-reactive ketones (excluding diaryl/α,β-unsaturated/α-hetero) is 1. The minimum Gasteiger partial charge on any atom is -0.458 e. The molecule has 6 nitrogen and oxygen atoms in total. The fraction of sp³-hybridized carbons (Fsp3) is 0.441. The Labute approximate surface area is 236 Å². The van der Waals surface area contributed by atoms with Gasteiger partial charge in [-0.25, -0.2) is 9.59 Å². The minimum absolute atomic E-state index is 0.0238. The van der Waals surface area contributed by atoms with Crippen LogP contribution in [0.2, 0.25) is 0 Å². The second-order valence-electron chi connectivity index (χ2n) is 12.4. The van der Waals surface area contributed by atoms with E-state index in [0.717, 1.165) is 6.42 Å². The lowest BCUT2D eigenvalue weighted by Crippen LogP contribution is -2.52. The monoisotopic (exact) mass is 542 g/mol. The molecule has 2 saturated carbocycles. The number of esters is 2. The van der Waals surface area contributed by atoms with Crippen LogP contribution in [-0.2, 0) is 14.3 Å². The molecule has 3 aliphatic carbocycles. The molecule has 0 saturated heterocycles. The number of hydrogen-bond donors (Lipinski definition) is 1. The Morgan fingerprint density at radius 2 is 1.50 bits per heavy atom. The van der Waals surface area contributed by atoms with Crippen molar-refractivity contribution in [3.8, 4) is 0 Å².